The molecule has 3 aromatic rings. The standard InChI is InChI=1S/C19H16FN3O2S/c20-12-7-5-11(6-8-12)10-25-15-4-2-1-3-13(15)14-9-16(24)22-18-17(14)26-19(21)23-18/h1-8,14H,9-10H2,(H2,21,23)(H,22,24). The number of carbonyl (C=O) groups is 1. The summed E-state index contributed by atoms with van der Waals surface area (Å²) < 4.78 is 19.0. The third kappa shape index (κ3) is 3.25. The van der Waals surface area contributed by atoms with Crippen molar-refractivity contribution in [1.29, 1.82) is 0 Å². The van der Waals surface area contributed by atoms with Crippen molar-refractivity contribution in [3.63, 3.8) is 0 Å². The van der Waals surface area contributed by atoms with E-state index >= 15 is 0 Å². The number of rotatable bonds is 4. The van der Waals surface area contributed by atoms with E-state index in [4.69, 9.17) is 10.5 Å². The van der Waals surface area contributed by atoms with Crippen molar-refractivity contribution in [2.45, 2.75) is 18.9 Å². The van der Waals surface area contributed by atoms with Crippen molar-refractivity contribution in [3.05, 3.63) is 70.4 Å². The highest BCUT2D eigenvalue weighted by Gasteiger charge is 2.31. The second kappa shape index (κ2) is 6.76. The molecular formula is C19H16FN3O2S. The summed E-state index contributed by atoms with van der Waals surface area (Å²) in [5.74, 6) is 0.688. The van der Waals surface area contributed by atoms with E-state index in [0.29, 0.717) is 29.7 Å². The molecule has 1 atom stereocenters. The van der Waals surface area contributed by atoms with E-state index in [2.05, 4.69) is 10.3 Å². The summed E-state index contributed by atoms with van der Waals surface area (Å²) in [5.41, 5.74) is 7.60. The molecule has 132 valence electrons. The molecule has 1 aliphatic heterocycles. The maximum Gasteiger partial charge on any atom is 0.226 e. The fourth-order valence-electron chi connectivity index (χ4n) is 3.03. The quantitative estimate of drug-likeness (QED) is 0.731. The van der Waals surface area contributed by atoms with Crippen LogP contribution in [0.3, 0.4) is 0 Å². The fourth-order valence-corrected chi connectivity index (χ4v) is 3.94. The zero-order valence-corrected chi connectivity index (χ0v) is 14.6. The lowest BCUT2D eigenvalue weighted by Crippen LogP contribution is -2.23. The van der Waals surface area contributed by atoms with E-state index in [1.165, 1.54) is 23.5 Å². The van der Waals surface area contributed by atoms with Crippen molar-refractivity contribution < 1.29 is 13.9 Å². The molecule has 0 spiro atoms. The lowest BCUT2D eigenvalue weighted by molar-refractivity contribution is -0.116. The van der Waals surface area contributed by atoms with Crippen LogP contribution in [0.4, 0.5) is 15.3 Å². The smallest absolute Gasteiger partial charge is 0.226 e. The third-order valence-corrected chi connectivity index (χ3v) is 5.23. The Morgan fingerprint density at radius 1 is 1.23 bits per heavy atom. The maximum absolute atomic E-state index is 13.0. The molecule has 1 unspecified atom stereocenters. The van der Waals surface area contributed by atoms with Crippen molar-refractivity contribution >= 4 is 28.2 Å². The van der Waals surface area contributed by atoms with Crippen LogP contribution in [0.15, 0.2) is 48.5 Å². The van der Waals surface area contributed by atoms with Crippen LogP contribution in [0.1, 0.15) is 28.3 Å². The molecule has 1 aliphatic rings. The zero-order chi connectivity index (χ0) is 18.1. The van der Waals surface area contributed by atoms with Gasteiger partial charge in [0.1, 0.15) is 24.0 Å². The number of nitrogens with one attached hydrogen (secondary N) is 1. The molecule has 0 aliphatic carbocycles. The Balaban J connectivity index is 1.63. The summed E-state index contributed by atoms with van der Waals surface area (Å²) in [6.45, 7) is 0.313. The number of ether oxygens (including phenoxy) is 1. The minimum absolute atomic E-state index is 0.0962. The lowest BCUT2D eigenvalue weighted by atomic mass is 9.91. The fraction of sp³-hybridized carbons (Fsp3) is 0.158. The average molecular weight is 369 g/mol. The van der Waals surface area contributed by atoms with Gasteiger partial charge in [-0.05, 0) is 23.8 Å². The monoisotopic (exact) mass is 369 g/mol. The summed E-state index contributed by atoms with van der Waals surface area (Å²) in [6, 6.07) is 13.8. The van der Waals surface area contributed by atoms with Crippen molar-refractivity contribution in [2.75, 3.05) is 11.1 Å². The predicted octanol–water partition coefficient (Wildman–Crippen LogP) is 3.92. The number of nitrogen functional groups attached to an aromatic ring is 1. The Kier molecular flexibility index (Phi) is 4.30. The number of carbonyl (C=O) groups excluding carboxylic acids is 1. The van der Waals surface area contributed by atoms with Gasteiger partial charge in [0.05, 0.1) is 4.88 Å². The van der Waals surface area contributed by atoms with Gasteiger partial charge in [0.2, 0.25) is 5.91 Å². The molecule has 2 aromatic carbocycles. The molecule has 1 amide bonds. The highest BCUT2D eigenvalue weighted by molar-refractivity contribution is 7.16. The van der Waals surface area contributed by atoms with Gasteiger partial charge in [0.25, 0.3) is 0 Å². The van der Waals surface area contributed by atoms with Crippen molar-refractivity contribution in [3.8, 4) is 5.75 Å². The van der Waals surface area contributed by atoms with Gasteiger partial charge in [-0.3, -0.25) is 4.79 Å². The molecule has 4 rings (SSSR count). The molecule has 5 nitrogen and oxygen atoms in total. The first-order chi connectivity index (χ1) is 12.6. The number of anilines is 2. The van der Waals surface area contributed by atoms with Gasteiger partial charge in [-0.2, -0.15) is 0 Å². The topological polar surface area (TPSA) is 77.2 Å². The molecular weight excluding hydrogens is 353 g/mol. The molecule has 0 fully saturated rings. The third-order valence-electron chi connectivity index (χ3n) is 4.24. The first-order valence-corrected chi connectivity index (χ1v) is 8.94. The molecule has 0 radical (unpaired) electrons. The molecule has 0 saturated carbocycles. The number of aromatic nitrogens is 1. The van der Waals surface area contributed by atoms with Gasteiger partial charge in [0.15, 0.2) is 5.13 Å². The van der Waals surface area contributed by atoms with Crippen LogP contribution in [-0.4, -0.2) is 10.9 Å². The van der Waals surface area contributed by atoms with Crippen LogP contribution >= 0.6 is 11.3 Å². The summed E-state index contributed by atoms with van der Waals surface area (Å²) in [4.78, 5) is 17.2. The van der Waals surface area contributed by atoms with Gasteiger partial charge >= 0.3 is 0 Å². The van der Waals surface area contributed by atoms with Gasteiger partial charge in [-0.15, -0.1) is 0 Å². The van der Waals surface area contributed by atoms with E-state index in [-0.39, 0.29) is 17.6 Å². The van der Waals surface area contributed by atoms with Crippen LogP contribution < -0.4 is 15.8 Å². The van der Waals surface area contributed by atoms with Crippen molar-refractivity contribution in [2.24, 2.45) is 0 Å². The number of nitrogens with zero attached hydrogens (tertiary/aromatic N) is 1. The number of nitrogens with two attached hydrogens (primary N) is 1. The maximum atomic E-state index is 13.0. The second-order valence-corrected chi connectivity index (χ2v) is 7.09. The van der Waals surface area contributed by atoms with Crippen LogP contribution in [0.25, 0.3) is 0 Å². The number of amides is 1. The van der Waals surface area contributed by atoms with E-state index in [0.717, 1.165) is 16.0 Å². The first kappa shape index (κ1) is 16.5. The predicted molar refractivity (Wildman–Crippen MR) is 98.8 cm³/mol. The van der Waals surface area contributed by atoms with Crippen LogP contribution in [0.5, 0.6) is 5.75 Å². The largest absolute Gasteiger partial charge is 0.489 e. The van der Waals surface area contributed by atoms with Crippen LogP contribution in [-0.2, 0) is 11.4 Å². The first-order valence-electron chi connectivity index (χ1n) is 8.12. The van der Waals surface area contributed by atoms with Gasteiger partial charge < -0.3 is 15.8 Å². The number of benzene rings is 2. The van der Waals surface area contributed by atoms with E-state index < -0.39 is 0 Å². The summed E-state index contributed by atoms with van der Waals surface area (Å²) in [5, 5.41) is 3.19. The number of hydrogen-bond donors (Lipinski definition) is 2. The average Bonchev–Trinajstić information content (AvgIpc) is 3.01. The van der Waals surface area contributed by atoms with E-state index in [1.54, 1.807) is 12.1 Å². The number of thiazole rings is 1. The van der Waals surface area contributed by atoms with Gasteiger partial charge in [0, 0.05) is 17.9 Å². The Morgan fingerprint density at radius 2 is 2.00 bits per heavy atom. The van der Waals surface area contributed by atoms with Gasteiger partial charge in [-0.1, -0.05) is 41.7 Å². The Labute approximate surface area is 153 Å². The van der Waals surface area contributed by atoms with Crippen LogP contribution in [0.2, 0.25) is 0 Å². The SMILES string of the molecule is Nc1nc2c(s1)C(c1ccccc1OCc1ccc(F)cc1)CC(=O)N2. The van der Waals surface area contributed by atoms with Crippen molar-refractivity contribution in [1.82, 2.24) is 4.98 Å². The molecule has 3 N–H and O–H groups in total. The molecule has 7 heteroatoms. The van der Waals surface area contributed by atoms with Crippen LogP contribution in [0, 0.1) is 5.82 Å². The number of fused-ring (bicyclic) bond motifs is 1. The number of hydrogen-bond acceptors (Lipinski definition) is 5. The molecule has 0 saturated heterocycles. The zero-order valence-electron chi connectivity index (χ0n) is 13.7. The van der Waals surface area contributed by atoms with E-state index in [1.807, 2.05) is 24.3 Å². The lowest BCUT2D eigenvalue weighted by Gasteiger charge is -2.23. The summed E-state index contributed by atoms with van der Waals surface area (Å²) in [7, 11) is 0. The number of para-hydroxylation sites is 1. The Bertz CT molecular complexity index is 956. The van der Waals surface area contributed by atoms with E-state index in [9.17, 15) is 9.18 Å². The minimum Gasteiger partial charge on any atom is -0.489 e. The summed E-state index contributed by atoms with van der Waals surface area (Å²) >= 11 is 1.37. The minimum atomic E-state index is -0.280. The number of halogens is 1. The molecule has 1 aromatic heterocycles. The molecule has 26 heavy (non-hydrogen) atoms. The molecule has 0 bridgehead atoms. The Hall–Kier alpha value is -2.93. The summed E-state index contributed by atoms with van der Waals surface area (Å²) in [6.07, 6.45) is 0.311. The van der Waals surface area contributed by atoms with Gasteiger partial charge in [-0.25, -0.2) is 9.37 Å². The normalized spacial score (nSPS) is 16.0. The second-order valence-electron chi connectivity index (χ2n) is 6.02. The molecule has 2 heterocycles. The highest BCUT2D eigenvalue weighted by Crippen LogP contribution is 2.44. The highest BCUT2D eigenvalue weighted by atomic mass is 32.1. The Morgan fingerprint density at radius 3 is 2.81 bits per heavy atom.